The lowest BCUT2D eigenvalue weighted by molar-refractivity contribution is -0.385. The molecule has 9 nitrogen and oxygen atoms in total. The van der Waals surface area contributed by atoms with Crippen LogP contribution in [0.1, 0.15) is 22.8 Å². The molecule has 1 aliphatic rings. The lowest BCUT2D eigenvalue weighted by atomic mass is 10.0. The van der Waals surface area contributed by atoms with Gasteiger partial charge in [-0.3, -0.25) is 19.7 Å². The monoisotopic (exact) mass is 447 g/mol. The molecule has 0 saturated carbocycles. The summed E-state index contributed by atoms with van der Waals surface area (Å²) in [4.78, 5) is 35.2. The highest BCUT2D eigenvalue weighted by atomic mass is 16.6. The summed E-state index contributed by atoms with van der Waals surface area (Å²) in [6.07, 6.45) is 0.196. The van der Waals surface area contributed by atoms with E-state index in [1.54, 1.807) is 42.5 Å². The van der Waals surface area contributed by atoms with Gasteiger partial charge in [0.15, 0.2) is 5.75 Å². The minimum atomic E-state index is -0.505. The summed E-state index contributed by atoms with van der Waals surface area (Å²) in [5.41, 5.74) is 4.13. The highest BCUT2D eigenvalue weighted by molar-refractivity contribution is 6.12. The van der Waals surface area contributed by atoms with Gasteiger partial charge in [-0.1, -0.05) is 6.07 Å². The first-order chi connectivity index (χ1) is 15.8. The number of hydrogen-bond donors (Lipinski definition) is 2. The van der Waals surface area contributed by atoms with E-state index in [4.69, 9.17) is 9.47 Å². The Morgan fingerprint density at radius 2 is 1.58 bits per heavy atom. The van der Waals surface area contributed by atoms with Crippen LogP contribution >= 0.6 is 0 Å². The first kappa shape index (κ1) is 21.8. The van der Waals surface area contributed by atoms with Gasteiger partial charge in [0.2, 0.25) is 0 Å². The quantitative estimate of drug-likeness (QED) is 0.414. The molecule has 3 aromatic carbocycles. The van der Waals surface area contributed by atoms with Crippen molar-refractivity contribution in [3.63, 3.8) is 0 Å². The van der Waals surface area contributed by atoms with Crippen LogP contribution in [0, 0.1) is 10.1 Å². The van der Waals surface area contributed by atoms with Gasteiger partial charge >= 0.3 is 5.69 Å². The number of fused-ring (bicyclic) bond motifs is 2. The summed E-state index contributed by atoms with van der Waals surface area (Å²) in [6, 6.07) is 13.3. The fourth-order valence-electron chi connectivity index (χ4n) is 3.80. The fraction of sp³-hybridized carbons (Fsp3) is 0.167. The lowest BCUT2D eigenvalue weighted by Crippen LogP contribution is -2.11. The highest BCUT2D eigenvalue weighted by Crippen LogP contribution is 2.39. The summed E-state index contributed by atoms with van der Waals surface area (Å²) in [7, 11) is 2.88. The molecule has 0 saturated heterocycles. The predicted octanol–water partition coefficient (Wildman–Crippen LogP) is 4.72. The van der Waals surface area contributed by atoms with E-state index < -0.39 is 4.92 Å². The number of amides is 1. The molecule has 0 fully saturated rings. The van der Waals surface area contributed by atoms with Gasteiger partial charge in [0, 0.05) is 24.1 Å². The molecular weight excluding hydrogens is 426 g/mol. The maximum Gasteiger partial charge on any atom is 0.310 e. The van der Waals surface area contributed by atoms with Gasteiger partial charge in [0.1, 0.15) is 11.5 Å². The number of nitrogens with one attached hydrogen (secondary N) is 2. The molecule has 4 rings (SSSR count). The molecule has 0 spiro atoms. The summed E-state index contributed by atoms with van der Waals surface area (Å²) in [6.45, 7) is 1.50. The average molecular weight is 447 g/mol. The van der Waals surface area contributed by atoms with Gasteiger partial charge in [-0.2, -0.15) is 0 Å². The number of nitrogens with zero attached hydrogens (tertiary/aromatic N) is 1. The smallest absolute Gasteiger partial charge is 0.310 e. The topological polar surface area (TPSA) is 120 Å². The van der Waals surface area contributed by atoms with Gasteiger partial charge < -0.3 is 20.1 Å². The molecule has 0 bridgehead atoms. The van der Waals surface area contributed by atoms with E-state index in [1.807, 2.05) is 0 Å². The van der Waals surface area contributed by atoms with Crippen molar-refractivity contribution in [3.8, 4) is 22.6 Å². The van der Waals surface area contributed by atoms with Crippen LogP contribution in [0.4, 0.5) is 22.7 Å². The number of anilines is 3. The van der Waals surface area contributed by atoms with Crippen LogP contribution in [0.25, 0.3) is 11.1 Å². The second-order valence-electron chi connectivity index (χ2n) is 7.57. The zero-order chi connectivity index (χ0) is 23.7. The van der Waals surface area contributed by atoms with Crippen LogP contribution in [-0.2, 0) is 11.2 Å². The Bertz CT molecular complexity index is 1300. The molecule has 168 valence electrons. The van der Waals surface area contributed by atoms with Crippen LogP contribution in [0.5, 0.6) is 11.5 Å². The van der Waals surface area contributed by atoms with Gasteiger partial charge in [0.05, 0.1) is 41.8 Å². The normalized spacial score (nSPS) is 11.9. The molecule has 0 aliphatic carbocycles. The standard InChI is InChI=1S/C24H21N3O6/c1-13(28)8-16-10-19-20(12-22(16)32-2)26-24(29)17-6-4-14(9-18(17)25-19)15-5-7-21(27(30)31)23(11-15)33-3/h4-7,9-12,25H,8H2,1-3H3,(H,26,29). The second-order valence-corrected chi connectivity index (χ2v) is 7.57. The number of hydrogen-bond acceptors (Lipinski definition) is 7. The molecule has 0 radical (unpaired) electrons. The van der Waals surface area contributed by atoms with Crippen LogP contribution in [-0.4, -0.2) is 30.8 Å². The minimum absolute atomic E-state index is 0.0132. The van der Waals surface area contributed by atoms with Crippen molar-refractivity contribution in [1.29, 1.82) is 0 Å². The van der Waals surface area contributed by atoms with Crippen LogP contribution in [0.2, 0.25) is 0 Å². The van der Waals surface area contributed by atoms with Crippen molar-refractivity contribution in [3.05, 3.63) is 69.8 Å². The maximum atomic E-state index is 12.9. The number of carbonyl (C=O) groups excluding carboxylic acids is 2. The Morgan fingerprint density at radius 1 is 0.909 bits per heavy atom. The van der Waals surface area contributed by atoms with Crippen molar-refractivity contribution in [2.24, 2.45) is 0 Å². The highest BCUT2D eigenvalue weighted by Gasteiger charge is 2.22. The molecule has 1 amide bonds. The number of rotatable bonds is 6. The van der Waals surface area contributed by atoms with Crippen molar-refractivity contribution in [1.82, 2.24) is 0 Å². The van der Waals surface area contributed by atoms with E-state index in [2.05, 4.69) is 10.6 Å². The summed E-state index contributed by atoms with van der Waals surface area (Å²) in [5, 5.41) is 17.3. The number of nitro groups is 1. The first-order valence-electron chi connectivity index (χ1n) is 10.1. The van der Waals surface area contributed by atoms with Crippen molar-refractivity contribution in [2.75, 3.05) is 24.9 Å². The van der Waals surface area contributed by atoms with Gasteiger partial charge in [-0.15, -0.1) is 0 Å². The third-order valence-electron chi connectivity index (χ3n) is 5.35. The summed E-state index contributed by atoms with van der Waals surface area (Å²) < 4.78 is 10.6. The molecule has 0 aromatic heterocycles. The van der Waals surface area contributed by atoms with Gasteiger partial charge in [-0.05, 0) is 48.4 Å². The molecule has 9 heteroatoms. The predicted molar refractivity (Wildman–Crippen MR) is 124 cm³/mol. The van der Waals surface area contributed by atoms with E-state index in [0.29, 0.717) is 39.5 Å². The Labute approximate surface area is 189 Å². The Balaban J connectivity index is 1.78. The van der Waals surface area contributed by atoms with Gasteiger partial charge in [-0.25, -0.2) is 0 Å². The number of ether oxygens (including phenoxy) is 2. The SMILES string of the molecule is COc1cc2c(cc1CC(C)=O)Nc1cc(-c3ccc([N+](=O)[O-])c(OC)c3)ccc1C(=O)N2. The van der Waals surface area contributed by atoms with E-state index in [1.165, 1.54) is 27.2 Å². The molecule has 0 atom stereocenters. The summed E-state index contributed by atoms with van der Waals surface area (Å²) in [5.74, 6) is 0.339. The average Bonchev–Trinajstić information content (AvgIpc) is 2.92. The minimum Gasteiger partial charge on any atom is -0.496 e. The molecule has 0 unspecified atom stereocenters. The zero-order valence-electron chi connectivity index (χ0n) is 18.2. The molecule has 33 heavy (non-hydrogen) atoms. The number of methoxy groups -OCH3 is 2. The third kappa shape index (κ3) is 4.20. The van der Waals surface area contributed by atoms with Crippen molar-refractivity contribution < 1.29 is 24.0 Å². The molecule has 1 heterocycles. The number of Topliss-reactive ketones (excluding diaryl/α,β-unsaturated/α-hetero) is 1. The first-order valence-corrected chi connectivity index (χ1v) is 10.1. The fourth-order valence-corrected chi connectivity index (χ4v) is 3.80. The Morgan fingerprint density at radius 3 is 2.24 bits per heavy atom. The van der Waals surface area contributed by atoms with E-state index in [9.17, 15) is 19.7 Å². The molecule has 1 aliphatic heterocycles. The van der Waals surface area contributed by atoms with Crippen molar-refractivity contribution >= 4 is 34.4 Å². The summed E-state index contributed by atoms with van der Waals surface area (Å²) >= 11 is 0. The number of carbonyl (C=O) groups is 2. The lowest BCUT2D eigenvalue weighted by Gasteiger charge is -2.15. The molecule has 3 aromatic rings. The second kappa shape index (κ2) is 8.62. The van der Waals surface area contributed by atoms with Crippen LogP contribution < -0.4 is 20.1 Å². The van der Waals surface area contributed by atoms with Gasteiger partial charge in [0.25, 0.3) is 5.91 Å². The largest absolute Gasteiger partial charge is 0.496 e. The number of benzene rings is 3. The third-order valence-corrected chi connectivity index (χ3v) is 5.35. The molecular formula is C24H21N3O6. The van der Waals surface area contributed by atoms with Crippen molar-refractivity contribution in [2.45, 2.75) is 13.3 Å². The van der Waals surface area contributed by atoms with Crippen LogP contribution in [0.3, 0.4) is 0 Å². The van der Waals surface area contributed by atoms with E-state index in [-0.39, 0.29) is 29.5 Å². The number of ketones is 1. The maximum absolute atomic E-state index is 12.9. The Hall–Kier alpha value is -4.40. The van der Waals surface area contributed by atoms with E-state index in [0.717, 1.165) is 5.56 Å². The molecule has 2 N–H and O–H groups in total. The zero-order valence-corrected chi connectivity index (χ0v) is 18.2. The van der Waals surface area contributed by atoms with E-state index >= 15 is 0 Å². The van der Waals surface area contributed by atoms with Crippen LogP contribution in [0.15, 0.2) is 48.5 Å². The number of nitro benzene ring substituents is 1. The Kier molecular flexibility index (Phi) is 5.70.